The van der Waals surface area contributed by atoms with Gasteiger partial charge in [0.1, 0.15) is 13.9 Å². The molecule has 1 atom stereocenters. The Morgan fingerprint density at radius 1 is 1.10 bits per heavy atom. The zero-order chi connectivity index (χ0) is 13.9. The Morgan fingerprint density at radius 2 is 1.90 bits per heavy atom. The van der Waals surface area contributed by atoms with Gasteiger partial charge in [-0.2, -0.15) is 0 Å². The van der Waals surface area contributed by atoms with Crippen molar-refractivity contribution < 1.29 is 9.47 Å². The number of hydrogen-bond donors (Lipinski definition) is 0. The van der Waals surface area contributed by atoms with Crippen molar-refractivity contribution in [1.29, 1.82) is 0 Å². The third-order valence-corrected chi connectivity index (χ3v) is 3.23. The third kappa shape index (κ3) is 2.46. The molecule has 1 aliphatic rings. The summed E-state index contributed by atoms with van der Waals surface area (Å²) in [7, 11) is 5.83. The van der Waals surface area contributed by atoms with Gasteiger partial charge >= 0.3 is 0 Å². The van der Waals surface area contributed by atoms with Crippen LogP contribution in [0.4, 0.5) is 0 Å². The molecule has 2 aromatic carbocycles. The second-order valence-electron chi connectivity index (χ2n) is 4.41. The van der Waals surface area contributed by atoms with E-state index in [4.69, 9.17) is 29.5 Å². The molecule has 1 unspecified atom stereocenters. The maximum atomic E-state index is 5.83. The summed E-state index contributed by atoms with van der Waals surface area (Å²) >= 11 is 4.76. The maximum absolute atomic E-state index is 5.83. The lowest BCUT2D eigenvalue weighted by Gasteiger charge is -2.13. The molecular weight excluding hydrogens is 269 g/mol. The minimum absolute atomic E-state index is 0.245. The zero-order valence-corrected chi connectivity index (χ0v) is 11.4. The van der Waals surface area contributed by atoms with E-state index in [9.17, 15) is 0 Å². The topological polar surface area (TPSA) is 30.8 Å². The predicted molar refractivity (Wildman–Crippen MR) is 81.3 cm³/mol. The van der Waals surface area contributed by atoms with Crippen molar-refractivity contribution in [2.75, 3.05) is 6.79 Å². The molecule has 2 aromatic rings. The van der Waals surface area contributed by atoms with Crippen molar-refractivity contribution in [2.24, 2.45) is 4.99 Å². The molecule has 0 N–H and O–H groups in total. The molecule has 20 heavy (non-hydrogen) atoms. The molecule has 0 aliphatic carbocycles. The van der Waals surface area contributed by atoms with E-state index < -0.39 is 0 Å². The van der Waals surface area contributed by atoms with Gasteiger partial charge in [0.25, 0.3) is 0 Å². The van der Waals surface area contributed by atoms with E-state index in [0.29, 0.717) is 5.46 Å². The van der Waals surface area contributed by atoms with Crippen LogP contribution in [0.15, 0.2) is 47.5 Å². The maximum Gasteiger partial charge on any atom is 0.231 e. The summed E-state index contributed by atoms with van der Waals surface area (Å²) in [6.45, 7) is 0.248. The summed E-state index contributed by atoms with van der Waals surface area (Å²) < 4.78 is 10.7. The highest BCUT2D eigenvalue weighted by Crippen LogP contribution is 2.36. The number of aliphatic imine (C=N–C) groups is 1. The second kappa shape index (κ2) is 5.49. The van der Waals surface area contributed by atoms with Crippen LogP contribution in [0.5, 0.6) is 11.5 Å². The van der Waals surface area contributed by atoms with Gasteiger partial charge in [-0.05, 0) is 35.5 Å². The quantitative estimate of drug-likeness (QED) is 0.491. The average Bonchev–Trinajstić information content (AvgIpc) is 2.92. The van der Waals surface area contributed by atoms with Crippen LogP contribution in [-0.2, 0) is 0 Å². The van der Waals surface area contributed by atoms with Crippen LogP contribution in [0, 0.1) is 0 Å². The third-order valence-electron chi connectivity index (χ3n) is 3.12. The lowest BCUT2D eigenvalue weighted by Crippen LogP contribution is -2.06. The van der Waals surface area contributed by atoms with Crippen molar-refractivity contribution in [3.8, 4) is 11.5 Å². The summed E-state index contributed by atoms with van der Waals surface area (Å²) in [6, 6.07) is 13.0. The van der Waals surface area contributed by atoms with Crippen LogP contribution in [0.25, 0.3) is 0 Å². The van der Waals surface area contributed by atoms with Crippen LogP contribution in [-0.4, -0.2) is 19.8 Å². The van der Waals surface area contributed by atoms with Crippen LogP contribution in [0.3, 0.4) is 0 Å². The Kier molecular flexibility index (Phi) is 3.55. The second-order valence-corrected chi connectivity index (χ2v) is 4.59. The lowest BCUT2D eigenvalue weighted by atomic mass is 9.90. The first-order valence-electron chi connectivity index (χ1n) is 6.10. The zero-order valence-electron chi connectivity index (χ0n) is 10.6. The van der Waals surface area contributed by atoms with Crippen LogP contribution >= 0.6 is 12.2 Å². The molecule has 0 aromatic heterocycles. The van der Waals surface area contributed by atoms with Crippen molar-refractivity contribution in [1.82, 2.24) is 0 Å². The molecule has 3 rings (SSSR count). The Balaban J connectivity index is 2.05. The highest BCUT2D eigenvalue weighted by Gasteiger charge is 2.18. The van der Waals surface area contributed by atoms with Crippen molar-refractivity contribution in [3.05, 3.63) is 53.6 Å². The summed E-state index contributed by atoms with van der Waals surface area (Å²) in [5.41, 5.74) is 2.60. The number of nitrogens with zero attached hydrogens (tertiary/aromatic N) is 1. The standard InChI is InChI=1S/C15H10BNO2S/c16-12-3-1-2-10(6-12)15(17-8-20)11-4-5-13-14(7-11)19-9-18-13/h1-7,15H,9H2. The summed E-state index contributed by atoms with van der Waals surface area (Å²) in [5.74, 6) is 1.46. The van der Waals surface area contributed by atoms with Gasteiger partial charge < -0.3 is 9.47 Å². The molecule has 0 saturated heterocycles. The normalized spacial score (nSPS) is 13.6. The van der Waals surface area contributed by atoms with Gasteiger partial charge in [0.15, 0.2) is 11.5 Å². The first kappa shape index (κ1) is 12.9. The molecule has 0 spiro atoms. The first-order valence-corrected chi connectivity index (χ1v) is 6.51. The number of benzene rings is 2. The predicted octanol–water partition coefficient (Wildman–Crippen LogP) is 2.40. The minimum Gasteiger partial charge on any atom is -0.454 e. The highest BCUT2D eigenvalue weighted by atomic mass is 32.1. The van der Waals surface area contributed by atoms with Gasteiger partial charge in [-0.1, -0.05) is 35.8 Å². The van der Waals surface area contributed by atoms with E-state index in [2.05, 4.69) is 10.2 Å². The Labute approximate surface area is 123 Å². The smallest absolute Gasteiger partial charge is 0.231 e. The first-order chi connectivity index (χ1) is 9.78. The monoisotopic (exact) mass is 279 g/mol. The van der Waals surface area contributed by atoms with E-state index in [0.717, 1.165) is 22.6 Å². The molecule has 0 amide bonds. The van der Waals surface area contributed by atoms with Crippen LogP contribution in [0.1, 0.15) is 17.2 Å². The number of ether oxygens (including phenoxy) is 2. The molecular formula is C15H10BNO2S. The summed E-state index contributed by atoms with van der Waals surface area (Å²) in [6.07, 6.45) is 0. The number of hydrogen-bond acceptors (Lipinski definition) is 4. The molecule has 3 nitrogen and oxygen atoms in total. The Morgan fingerprint density at radius 3 is 2.70 bits per heavy atom. The molecule has 2 radical (unpaired) electrons. The van der Waals surface area contributed by atoms with Gasteiger partial charge in [0.2, 0.25) is 6.79 Å². The van der Waals surface area contributed by atoms with Crippen molar-refractivity contribution in [2.45, 2.75) is 6.04 Å². The fourth-order valence-electron chi connectivity index (χ4n) is 2.21. The molecule has 0 saturated carbocycles. The average molecular weight is 279 g/mol. The van der Waals surface area contributed by atoms with E-state index in [1.54, 1.807) is 0 Å². The number of fused-ring (bicyclic) bond motifs is 1. The van der Waals surface area contributed by atoms with Gasteiger partial charge in [-0.3, -0.25) is 0 Å². The van der Waals surface area contributed by atoms with Crippen LogP contribution in [0.2, 0.25) is 0 Å². The van der Waals surface area contributed by atoms with Gasteiger partial charge in [0.05, 0.1) is 5.16 Å². The largest absolute Gasteiger partial charge is 0.454 e. The van der Waals surface area contributed by atoms with Crippen molar-refractivity contribution in [3.63, 3.8) is 0 Å². The molecule has 1 heterocycles. The molecule has 0 fully saturated rings. The molecule has 1 aliphatic heterocycles. The van der Waals surface area contributed by atoms with Crippen molar-refractivity contribution >= 4 is 30.7 Å². The summed E-state index contributed by atoms with van der Waals surface area (Å²) in [5, 5.41) is 2.45. The van der Waals surface area contributed by atoms with E-state index in [1.807, 2.05) is 42.5 Å². The van der Waals surface area contributed by atoms with E-state index in [1.165, 1.54) is 0 Å². The summed E-state index contributed by atoms with van der Waals surface area (Å²) in [4.78, 5) is 4.24. The molecule has 5 heteroatoms. The van der Waals surface area contributed by atoms with Gasteiger partial charge in [-0.15, -0.1) is 0 Å². The van der Waals surface area contributed by atoms with E-state index >= 15 is 0 Å². The van der Waals surface area contributed by atoms with Gasteiger partial charge in [-0.25, -0.2) is 4.99 Å². The SMILES string of the molecule is [B]c1cccc(C(N=C=S)c2ccc3c(c2)OCO3)c1. The Bertz CT molecular complexity index is 698. The van der Waals surface area contributed by atoms with Crippen LogP contribution < -0.4 is 14.9 Å². The number of thiocarbonyl (C=S) groups is 1. The number of isothiocyanates is 1. The minimum atomic E-state index is -0.245. The lowest BCUT2D eigenvalue weighted by molar-refractivity contribution is 0.174. The molecule has 96 valence electrons. The highest BCUT2D eigenvalue weighted by molar-refractivity contribution is 7.78. The molecule has 0 bridgehead atoms. The fourth-order valence-corrected chi connectivity index (χ4v) is 2.31. The van der Waals surface area contributed by atoms with E-state index in [-0.39, 0.29) is 12.8 Å². The Hall–Kier alpha value is -2.10. The fraction of sp³-hybridized carbons (Fsp3) is 0.133. The van der Waals surface area contributed by atoms with Gasteiger partial charge in [0, 0.05) is 0 Å². The number of rotatable bonds is 3.